The van der Waals surface area contributed by atoms with E-state index in [0.29, 0.717) is 17.4 Å². The van der Waals surface area contributed by atoms with Crippen LogP contribution < -0.4 is 9.64 Å². The molecule has 3 heterocycles. The maximum absolute atomic E-state index is 6.33. The molecule has 6 heteroatoms. The molecule has 0 spiro atoms. The molecule has 1 fully saturated rings. The van der Waals surface area contributed by atoms with Gasteiger partial charge in [0.1, 0.15) is 16.4 Å². The number of aryl methyl sites for hydroxylation is 1. The quantitative estimate of drug-likeness (QED) is 0.497. The van der Waals surface area contributed by atoms with Crippen LogP contribution in [0.1, 0.15) is 38.0 Å². The van der Waals surface area contributed by atoms with Crippen LogP contribution in [0.15, 0.2) is 24.3 Å². The summed E-state index contributed by atoms with van der Waals surface area (Å²) in [6, 6.07) is 9.09. The fraction of sp³-hybridized carbons (Fsp3) is 0.429. The monoisotopic (exact) mass is 401 g/mol. The standard InChI is InChI=1S/C21H24ClN3OS/c1-12-6-5-7-13(2)25(12)19-18-17(15-8-10-16(26-4)11-9-15)14(3)27-20(18)24-21(22)23-19/h8-13H,5-7H2,1-4H3. The number of thiophene rings is 1. The summed E-state index contributed by atoms with van der Waals surface area (Å²) in [7, 11) is 1.69. The van der Waals surface area contributed by atoms with Crippen LogP contribution in [0.25, 0.3) is 21.3 Å². The molecule has 0 bridgehead atoms. The van der Waals surface area contributed by atoms with Crippen LogP contribution in [0.3, 0.4) is 0 Å². The number of aromatic nitrogens is 2. The predicted octanol–water partition coefficient (Wildman–Crippen LogP) is 6.10. The number of hydrogen-bond acceptors (Lipinski definition) is 5. The molecule has 0 radical (unpaired) electrons. The van der Waals surface area contributed by atoms with Gasteiger partial charge in [-0.2, -0.15) is 4.98 Å². The van der Waals surface area contributed by atoms with Gasteiger partial charge in [0.15, 0.2) is 0 Å². The Balaban J connectivity index is 1.96. The third kappa shape index (κ3) is 3.27. The minimum absolute atomic E-state index is 0.324. The van der Waals surface area contributed by atoms with Crippen molar-refractivity contribution in [2.24, 2.45) is 0 Å². The van der Waals surface area contributed by atoms with Crippen molar-refractivity contribution in [3.63, 3.8) is 0 Å². The molecule has 0 amide bonds. The second-order valence-corrected chi connectivity index (χ2v) is 8.84. The van der Waals surface area contributed by atoms with Crippen molar-refractivity contribution in [1.29, 1.82) is 0 Å². The zero-order valence-corrected chi connectivity index (χ0v) is 17.7. The number of hydrogen-bond donors (Lipinski definition) is 0. The lowest BCUT2D eigenvalue weighted by atomic mass is 9.96. The summed E-state index contributed by atoms with van der Waals surface area (Å²) in [5.41, 5.74) is 2.36. The van der Waals surface area contributed by atoms with E-state index >= 15 is 0 Å². The summed E-state index contributed by atoms with van der Waals surface area (Å²) in [4.78, 5) is 13.9. The molecular weight excluding hydrogens is 378 g/mol. The highest BCUT2D eigenvalue weighted by Gasteiger charge is 2.30. The minimum atomic E-state index is 0.324. The Hall–Kier alpha value is -1.85. The van der Waals surface area contributed by atoms with Crippen LogP contribution in [-0.4, -0.2) is 29.2 Å². The maximum Gasteiger partial charge on any atom is 0.225 e. The van der Waals surface area contributed by atoms with Crippen LogP contribution in [0, 0.1) is 6.92 Å². The lowest BCUT2D eigenvalue weighted by molar-refractivity contribution is 0.412. The lowest BCUT2D eigenvalue weighted by Gasteiger charge is -2.40. The normalized spacial score (nSPS) is 20.3. The fourth-order valence-electron chi connectivity index (χ4n) is 4.20. The highest BCUT2D eigenvalue weighted by Crippen LogP contribution is 2.44. The first-order chi connectivity index (χ1) is 13.0. The molecule has 0 saturated carbocycles. The molecule has 142 valence electrons. The fourth-order valence-corrected chi connectivity index (χ4v) is 5.45. The van der Waals surface area contributed by atoms with Crippen molar-refractivity contribution in [3.8, 4) is 16.9 Å². The summed E-state index contributed by atoms with van der Waals surface area (Å²) in [5, 5.41) is 1.44. The Morgan fingerprint density at radius 2 is 1.78 bits per heavy atom. The number of anilines is 1. The molecule has 2 unspecified atom stereocenters. The van der Waals surface area contributed by atoms with E-state index in [4.69, 9.17) is 21.3 Å². The first-order valence-electron chi connectivity index (χ1n) is 9.39. The molecule has 0 N–H and O–H groups in total. The third-order valence-electron chi connectivity index (χ3n) is 5.50. The van der Waals surface area contributed by atoms with Crippen LogP contribution >= 0.6 is 22.9 Å². The second kappa shape index (κ2) is 7.28. The molecule has 4 nitrogen and oxygen atoms in total. The summed E-state index contributed by atoms with van der Waals surface area (Å²) >= 11 is 8.01. The number of benzene rings is 1. The van der Waals surface area contributed by atoms with E-state index in [-0.39, 0.29) is 0 Å². The van der Waals surface area contributed by atoms with Gasteiger partial charge in [-0.25, -0.2) is 4.98 Å². The Morgan fingerprint density at radius 1 is 1.11 bits per heavy atom. The van der Waals surface area contributed by atoms with Crippen LogP contribution in [-0.2, 0) is 0 Å². The van der Waals surface area contributed by atoms with Gasteiger partial charge in [-0.05, 0) is 69.3 Å². The lowest BCUT2D eigenvalue weighted by Crippen LogP contribution is -2.44. The van der Waals surface area contributed by atoms with Gasteiger partial charge in [0, 0.05) is 22.5 Å². The van der Waals surface area contributed by atoms with E-state index in [0.717, 1.165) is 27.3 Å². The Labute approximate surface area is 169 Å². The van der Waals surface area contributed by atoms with Crippen molar-refractivity contribution in [2.75, 3.05) is 12.0 Å². The highest BCUT2D eigenvalue weighted by atomic mass is 35.5. The Bertz CT molecular complexity index is 960. The third-order valence-corrected chi connectivity index (χ3v) is 6.67. The number of fused-ring (bicyclic) bond motifs is 1. The maximum atomic E-state index is 6.33. The van der Waals surface area contributed by atoms with E-state index in [1.54, 1.807) is 18.4 Å². The van der Waals surface area contributed by atoms with Gasteiger partial charge < -0.3 is 9.64 Å². The van der Waals surface area contributed by atoms with Gasteiger partial charge in [0.2, 0.25) is 5.28 Å². The van der Waals surface area contributed by atoms with Crippen molar-refractivity contribution in [3.05, 3.63) is 34.4 Å². The average molecular weight is 402 g/mol. The first-order valence-corrected chi connectivity index (χ1v) is 10.6. The molecule has 2 aromatic heterocycles. The van der Waals surface area contributed by atoms with Gasteiger partial charge in [-0.1, -0.05) is 12.1 Å². The molecule has 1 aliphatic rings. The van der Waals surface area contributed by atoms with Crippen molar-refractivity contribution in [1.82, 2.24) is 9.97 Å². The van der Waals surface area contributed by atoms with Crippen molar-refractivity contribution < 1.29 is 4.74 Å². The van der Waals surface area contributed by atoms with Crippen molar-refractivity contribution in [2.45, 2.75) is 52.1 Å². The topological polar surface area (TPSA) is 38.3 Å². The zero-order valence-electron chi connectivity index (χ0n) is 16.1. The number of rotatable bonds is 3. The summed E-state index contributed by atoms with van der Waals surface area (Å²) in [6.45, 7) is 6.71. The first kappa shape index (κ1) is 18.5. The summed E-state index contributed by atoms with van der Waals surface area (Å²) < 4.78 is 5.32. The molecule has 1 aliphatic heterocycles. The number of nitrogens with zero attached hydrogens (tertiary/aromatic N) is 3. The van der Waals surface area contributed by atoms with Gasteiger partial charge >= 0.3 is 0 Å². The van der Waals surface area contributed by atoms with Crippen molar-refractivity contribution >= 4 is 39.0 Å². The van der Waals surface area contributed by atoms with Crippen LogP contribution in [0.5, 0.6) is 5.75 Å². The Morgan fingerprint density at radius 3 is 2.41 bits per heavy atom. The molecule has 1 aromatic carbocycles. The molecule has 4 rings (SSSR count). The molecule has 0 aliphatic carbocycles. The molecular formula is C21H24ClN3OS. The molecule has 1 saturated heterocycles. The minimum Gasteiger partial charge on any atom is -0.497 e. The van der Waals surface area contributed by atoms with Gasteiger partial charge in [0.25, 0.3) is 0 Å². The molecule has 2 atom stereocenters. The summed E-state index contributed by atoms with van der Waals surface area (Å²) in [5.74, 6) is 1.83. The second-order valence-electron chi connectivity index (χ2n) is 7.29. The van der Waals surface area contributed by atoms with Gasteiger partial charge in [-0.15, -0.1) is 11.3 Å². The highest BCUT2D eigenvalue weighted by molar-refractivity contribution is 7.19. The van der Waals surface area contributed by atoms with E-state index in [9.17, 15) is 0 Å². The zero-order chi connectivity index (χ0) is 19.1. The molecule has 3 aromatic rings. The van der Waals surface area contributed by atoms with Crippen LogP contribution in [0.2, 0.25) is 5.28 Å². The van der Waals surface area contributed by atoms with E-state index in [2.05, 4.69) is 42.8 Å². The van der Waals surface area contributed by atoms with E-state index < -0.39 is 0 Å². The number of ether oxygens (including phenoxy) is 1. The van der Waals surface area contributed by atoms with Gasteiger partial charge in [0.05, 0.1) is 12.5 Å². The average Bonchev–Trinajstić information content (AvgIpc) is 2.97. The van der Waals surface area contributed by atoms with E-state index in [1.807, 2.05) is 12.1 Å². The molecule has 27 heavy (non-hydrogen) atoms. The predicted molar refractivity (Wildman–Crippen MR) is 114 cm³/mol. The van der Waals surface area contributed by atoms with Gasteiger partial charge in [-0.3, -0.25) is 0 Å². The van der Waals surface area contributed by atoms with Crippen LogP contribution in [0.4, 0.5) is 5.82 Å². The number of piperidine rings is 1. The SMILES string of the molecule is COc1ccc(-c2c(C)sc3nc(Cl)nc(N4C(C)CCCC4C)c23)cc1. The summed E-state index contributed by atoms with van der Waals surface area (Å²) in [6.07, 6.45) is 3.61. The number of halogens is 1. The smallest absolute Gasteiger partial charge is 0.225 e. The largest absolute Gasteiger partial charge is 0.497 e. The number of methoxy groups -OCH3 is 1. The Kier molecular flexibility index (Phi) is 4.99. The van der Waals surface area contributed by atoms with E-state index in [1.165, 1.54) is 29.7 Å².